The zero-order chi connectivity index (χ0) is 22.7. The molecule has 0 aromatic carbocycles. The largest absolute Gasteiger partial charge is 0.380 e. The molecule has 0 saturated heterocycles. The van der Waals surface area contributed by atoms with Crippen molar-refractivity contribution in [3.05, 3.63) is 0 Å². The van der Waals surface area contributed by atoms with Gasteiger partial charge in [0.25, 0.3) is 0 Å². The minimum absolute atomic E-state index is 0.392. The summed E-state index contributed by atoms with van der Waals surface area (Å²) in [4.78, 5) is 0. The van der Waals surface area contributed by atoms with E-state index in [2.05, 4.69) is 25.7 Å². The molecule has 0 fully saturated rings. The van der Waals surface area contributed by atoms with E-state index in [1.54, 1.807) is 0 Å². The van der Waals surface area contributed by atoms with E-state index in [-0.39, 0.29) is 0 Å². The Morgan fingerprint density at radius 2 is 0.774 bits per heavy atom. The molecule has 0 heterocycles. The second kappa shape index (κ2) is 27.6. The van der Waals surface area contributed by atoms with E-state index in [0.717, 1.165) is 19.3 Å². The van der Waals surface area contributed by atoms with Crippen LogP contribution >= 0.6 is 0 Å². The molecule has 0 spiro atoms. The van der Waals surface area contributed by atoms with Crippen LogP contribution in [0.1, 0.15) is 174 Å². The summed E-state index contributed by atoms with van der Waals surface area (Å²) in [6.07, 6.45) is 33.1. The molecule has 0 aliphatic heterocycles. The standard InChI is InChI=1S/C30H58O/c1-3-5-7-9-11-13-14-15-16-17-18-19-20-21-23-25-27-29-30(31)28-26-24-22-12-10-8-6-4-2/h30-31H,3-25,27,29H2,1-2H3/t30-/m0/s1. The van der Waals surface area contributed by atoms with E-state index < -0.39 is 6.10 Å². The highest BCUT2D eigenvalue weighted by Gasteiger charge is 1.99. The van der Waals surface area contributed by atoms with Crippen LogP contribution in [-0.4, -0.2) is 11.2 Å². The van der Waals surface area contributed by atoms with Crippen LogP contribution in [0.3, 0.4) is 0 Å². The summed E-state index contributed by atoms with van der Waals surface area (Å²) in [5.74, 6) is 6.23. The summed E-state index contributed by atoms with van der Waals surface area (Å²) in [5.41, 5.74) is 0. The van der Waals surface area contributed by atoms with Crippen molar-refractivity contribution < 1.29 is 5.11 Å². The first-order chi connectivity index (χ1) is 15.3. The summed E-state index contributed by atoms with van der Waals surface area (Å²) < 4.78 is 0. The molecule has 0 bridgehead atoms. The van der Waals surface area contributed by atoms with Crippen LogP contribution in [0, 0.1) is 11.8 Å². The average Bonchev–Trinajstić information content (AvgIpc) is 2.77. The lowest BCUT2D eigenvalue weighted by Crippen LogP contribution is -2.02. The van der Waals surface area contributed by atoms with Crippen LogP contribution < -0.4 is 0 Å². The Balaban J connectivity index is 3.20. The Morgan fingerprint density at radius 1 is 0.452 bits per heavy atom. The van der Waals surface area contributed by atoms with Crippen molar-refractivity contribution >= 4 is 0 Å². The third kappa shape index (κ3) is 27.5. The van der Waals surface area contributed by atoms with E-state index in [9.17, 15) is 5.11 Å². The minimum atomic E-state index is -0.392. The van der Waals surface area contributed by atoms with Gasteiger partial charge in [-0.1, -0.05) is 155 Å². The Hall–Kier alpha value is -0.480. The number of unbranched alkanes of at least 4 members (excludes halogenated alkanes) is 22. The quantitative estimate of drug-likeness (QED) is 0.118. The van der Waals surface area contributed by atoms with Crippen molar-refractivity contribution in [3.8, 4) is 11.8 Å². The van der Waals surface area contributed by atoms with Crippen molar-refractivity contribution in [1.82, 2.24) is 0 Å². The highest BCUT2D eigenvalue weighted by atomic mass is 16.3. The fraction of sp³-hybridized carbons (Fsp3) is 0.933. The van der Waals surface area contributed by atoms with Crippen LogP contribution in [0.4, 0.5) is 0 Å². The van der Waals surface area contributed by atoms with Crippen LogP contribution in [0.2, 0.25) is 0 Å². The van der Waals surface area contributed by atoms with Gasteiger partial charge in [-0.15, -0.1) is 5.92 Å². The third-order valence-electron chi connectivity index (χ3n) is 6.51. The first-order valence-corrected chi connectivity index (χ1v) is 14.5. The minimum Gasteiger partial charge on any atom is -0.380 e. The zero-order valence-corrected chi connectivity index (χ0v) is 21.7. The molecule has 0 saturated carbocycles. The first-order valence-electron chi connectivity index (χ1n) is 14.5. The SMILES string of the molecule is CCCCCCCCC#C[C@H](O)CCCCCCCCCCCCCCCCCCC. The summed E-state index contributed by atoms with van der Waals surface area (Å²) in [6, 6.07) is 0. The van der Waals surface area contributed by atoms with Crippen LogP contribution in [0.25, 0.3) is 0 Å². The predicted molar refractivity (Wildman–Crippen MR) is 141 cm³/mol. The number of hydrogen-bond donors (Lipinski definition) is 1. The van der Waals surface area contributed by atoms with Crippen LogP contribution in [0.5, 0.6) is 0 Å². The van der Waals surface area contributed by atoms with E-state index in [1.807, 2.05) is 0 Å². The number of hydrogen-bond acceptors (Lipinski definition) is 1. The maximum absolute atomic E-state index is 9.97. The topological polar surface area (TPSA) is 20.2 Å². The van der Waals surface area contributed by atoms with Gasteiger partial charge in [-0.3, -0.25) is 0 Å². The van der Waals surface area contributed by atoms with Crippen LogP contribution in [0.15, 0.2) is 0 Å². The highest BCUT2D eigenvalue weighted by molar-refractivity contribution is 5.04. The number of rotatable bonds is 24. The second-order valence-corrected chi connectivity index (χ2v) is 9.80. The van der Waals surface area contributed by atoms with Crippen LogP contribution in [-0.2, 0) is 0 Å². The maximum atomic E-state index is 9.97. The molecule has 0 rings (SSSR count). The molecule has 0 aromatic heterocycles. The molecule has 1 nitrogen and oxygen atoms in total. The van der Waals surface area contributed by atoms with Crippen molar-refractivity contribution in [2.24, 2.45) is 0 Å². The van der Waals surface area contributed by atoms with Gasteiger partial charge >= 0.3 is 0 Å². The lowest BCUT2D eigenvalue weighted by atomic mass is 10.0. The molecule has 31 heavy (non-hydrogen) atoms. The molecule has 184 valence electrons. The van der Waals surface area contributed by atoms with Gasteiger partial charge in [0.05, 0.1) is 0 Å². The van der Waals surface area contributed by atoms with Crippen molar-refractivity contribution in [2.45, 2.75) is 180 Å². The monoisotopic (exact) mass is 434 g/mol. The van der Waals surface area contributed by atoms with Gasteiger partial charge in [0.2, 0.25) is 0 Å². The van der Waals surface area contributed by atoms with Gasteiger partial charge in [0.15, 0.2) is 0 Å². The molecule has 0 unspecified atom stereocenters. The first kappa shape index (κ1) is 30.5. The Morgan fingerprint density at radius 3 is 1.16 bits per heavy atom. The smallest absolute Gasteiger partial charge is 0.114 e. The Kier molecular flexibility index (Phi) is 27.1. The predicted octanol–water partition coefficient (Wildman–Crippen LogP) is 10.1. The van der Waals surface area contributed by atoms with Crippen molar-refractivity contribution in [1.29, 1.82) is 0 Å². The summed E-state index contributed by atoms with van der Waals surface area (Å²) in [6.45, 7) is 4.55. The van der Waals surface area contributed by atoms with Gasteiger partial charge in [-0.25, -0.2) is 0 Å². The fourth-order valence-corrected chi connectivity index (χ4v) is 4.32. The zero-order valence-electron chi connectivity index (χ0n) is 21.7. The average molecular weight is 435 g/mol. The molecule has 1 atom stereocenters. The highest BCUT2D eigenvalue weighted by Crippen LogP contribution is 2.14. The fourth-order valence-electron chi connectivity index (χ4n) is 4.32. The van der Waals surface area contributed by atoms with Gasteiger partial charge in [0, 0.05) is 6.42 Å². The molecule has 1 N–H and O–H groups in total. The van der Waals surface area contributed by atoms with Gasteiger partial charge in [-0.2, -0.15) is 0 Å². The van der Waals surface area contributed by atoms with E-state index in [0.29, 0.717) is 0 Å². The molecule has 0 aliphatic rings. The second-order valence-electron chi connectivity index (χ2n) is 9.80. The molecule has 0 radical (unpaired) electrons. The van der Waals surface area contributed by atoms with Gasteiger partial charge < -0.3 is 5.11 Å². The van der Waals surface area contributed by atoms with E-state index in [1.165, 1.54) is 141 Å². The van der Waals surface area contributed by atoms with Crippen molar-refractivity contribution in [2.75, 3.05) is 0 Å². The maximum Gasteiger partial charge on any atom is 0.114 e. The summed E-state index contributed by atoms with van der Waals surface area (Å²) in [5, 5.41) is 9.97. The normalized spacial score (nSPS) is 12.0. The summed E-state index contributed by atoms with van der Waals surface area (Å²) >= 11 is 0. The van der Waals surface area contributed by atoms with Gasteiger partial charge in [-0.05, 0) is 19.3 Å². The van der Waals surface area contributed by atoms with E-state index >= 15 is 0 Å². The van der Waals surface area contributed by atoms with E-state index in [4.69, 9.17) is 0 Å². The lowest BCUT2D eigenvalue weighted by molar-refractivity contribution is 0.217. The lowest BCUT2D eigenvalue weighted by Gasteiger charge is -2.05. The molecule has 1 heteroatoms. The Labute approximate surface area is 197 Å². The third-order valence-corrected chi connectivity index (χ3v) is 6.51. The number of aliphatic hydroxyl groups excluding tert-OH is 1. The van der Waals surface area contributed by atoms with Gasteiger partial charge in [0.1, 0.15) is 6.10 Å². The molecule has 0 aromatic rings. The van der Waals surface area contributed by atoms with Crippen molar-refractivity contribution in [3.63, 3.8) is 0 Å². The number of aliphatic hydroxyl groups is 1. The molecular weight excluding hydrogens is 376 g/mol. The molecule has 0 aliphatic carbocycles. The molecule has 0 amide bonds. The molecular formula is C30H58O. The Bertz CT molecular complexity index is 378. The summed E-state index contributed by atoms with van der Waals surface area (Å²) in [7, 11) is 0.